The first-order valence-corrected chi connectivity index (χ1v) is 13.9. The second kappa shape index (κ2) is 9.52. The summed E-state index contributed by atoms with van der Waals surface area (Å²) in [7, 11) is 0. The zero-order valence-corrected chi connectivity index (χ0v) is 21.8. The molecule has 1 aliphatic carbocycles. The van der Waals surface area contributed by atoms with E-state index in [4.69, 9.17) is 14.5 Å². The zero-order chi connectivity index (χ0) is 24.7. The number of carbonyl (C=O) groups excluding carboxylic acids is 1. The van der Waals surface area contributed by atoms with Gasteiger partial charge >= 0.3 is 5.97 Å². The van der Waals surface area contributed by atoms with Gasteiger partial charge in [-0.3, -0.25) is 4.79 Å². The second-order valence-corrected chi connectivity index (χ2v) is 11.0. The molecular weight excluding hydrogens is 470 g/mol. The van der Waals surface area contributed by atoms with Crippen molar-refractivity contribution in [3.63, 3.8) is 0 Å². The lowest BCUT2D eigenvalue weighted by Crippen LogP contribution is -2.38. The molecule has 2 atom stereocenters. The minimum Gasteiger partial charge on any atom is -0.488 e. The number of ether oxygens (including phenoxy) is 2. The Hall–Kier alpha value is -2.90. The number of hydrogen-bond acceptors (Lipinski definition) is 7. The van der Waals surface area contributed by atoms with Crippen molar-refractivity contribution in [2.45, 2.75) is 46.3 Å². The summed E-state index contributed by atoms with van der Waals surface area (Å²) in [5.41, 5.74) is 7.19. The molecule has 6 nitrogen and oxygen atoms in total. The molecule has 1 aromatic heterocycles. The van der Waals surface area contributed by atoms with E-state index in [-0.39, 0.29) is 11.4 Å². The van der Waals surface area contributed by atoms with Gasteiger partial charge in [0.15, 0.2) is 5.13 Å². The summed E-state index contributed by atoms with van der Waals surface area (Å²) in [4.78, 5) is 19.7. The number of anilines is 1. The molecule has 1 N–H and O–H groups in total. The van der Waals surface area contributed by atoms with Gasteiger partial charge in [-0.2, -0.15) is 0 Å². The SMILES string of the molecule is CCOC(=O)[C@@]12CCN(c3nc(-c4ccccc4OCc4ccc5c(c4C)CCNC5)cs3)CC1C2. The molecule has 36 heavy (non-hydrogen) atoms. The van der Waals surface area contributed by atoms with Gasteiger partial charge < -0.3 is 19.7 Å². The van der Waals surface area contributed by atoms with Gasteiger partial charge in [-0.1, -0.05) is 24.3 Å². The lowest BCUT2D eigenvalue weighted by Gasteiger charge is -2.30. The van der Waals surface area contributed by atoms with Crippen molar-refractivity contribution in [2.24, 2.45) is 11.3 Å². The van der Waals surface area contributed by atoms with Crippen molar-refractivity contribution in [3.8, 4) is 17.0 Å². The molecule has 3 aromatic rings. The number of piperidine rings is 1. The van der Waals surface area contributed by atoms with E-state index in [9.17, 15) is 4.79 Å². The van der Waals surface area contributed by atoms with E-state index in [2.05, 4.69) is 40.7 Å². The number of fused-ring (bicyclic) bond motifs is 2. The van der Waals surface area contributed by atoms with E-state index in [1.165, 1.54) is 22.3 Å². The Morgan fingerprint density at radius 3 is 3.03 bits per heavy atom. The van der Waals surface area contributed by atoms with Crippen LogP contribution < -0.4 is 15.0 Å². The fourth-order valence-electron chi connectivity index (χ4n) is 5.88. The monoisotopic (exact) mass is 503 g/mol. The van der Waals surface area contributed by atoms with Gasteiger partial charge in [0.2, 0.25) is 0 Å². The van der Waals surface area contributed by atoms with Crippen LogP contribution >= 0.6 is 11.3 Å². The van der Waals surface area contributed by atoms with Gasteiger partial charge in [-0.25, -0.2) is 4.98 Å². The van der Waals surface area contributed by atoms with Crippen LogP contribution in [0, 0.1) is 18.3 Å². The molecule has 2 aromatic carbocycles. The number of rotatable bonds is 7. The van der Waals surface area contributed by atoms with Crippen LogP contribution in [0.2, 0.25) is 0 Å². The lowest BCUT2D eigenvalue weighted by atomic mass is 9.93. The predicted molar refractivity (Wildman–Crippen MR) is 142 cm³/mol. The number of carbonyl (C=O) groups is 1. The van der Waals surface area contributed by atoms with Gasteiger partial charge in [-0.05, 0) is 80.0 Å². The smallest absolute Gasteiger partial charge is 0.312 e. The molecule has 6 rings (SSSR count). The van der Waals surface area contributed by atoms with E-state index in [0.717, 1.165) is 67.6 Å². The standard InChI is InChI=1S/C29H33N3O3S/c1-3-34-27(33)29-11-13-32(16-22(29)14-29)28-31-25(18-36-28)24-6-4-5-7-26(24)35-17-21-9-8-20-15-30-12-10-23(20)19(21)2/h4-9,18,22,30H,3,10-17H2,1-2H3/t22?,29-/m1/s1. The van der Waals surface area contributed by atoms with E-state index < -0.39 is 0 Å². The van der Waals surface area contributed by atoms with Gasteiger partial charge in [0.1, 0.15) is 12.4 Å². The van der Waals surface area contributed by atoms with Crippen LogP contribution in [0.1, 0.15) is 42.0 Å². The van der Waals surface area contributed by atoms with Crippen LogP contribution in [-0.4, -0.2) is 37.2 Å². The summed E-state index contributed by atoms with van der Waals surface area (Å²) in [6, 6.07) is 12.6. The Labute approximate surface area is 216 Å². The van der Waals surface area contributed by atoms with Crippen LogP contribution in [0.5, 0.6) is 5.75 Å². The molecule has 0 radical (unpaired) electrons. The third kappa shape index (κ3) is 4.18. The quantitative estimate of drug-likeness (QED) is 0.452. The minimum absolute atomic E-state index is 0.00798. The first kappa shape index (κ1) is 23.5. The maximum absolute atomic E-state index is 12.4. The van der Waals surface area contributed by atoms with Crippen LogP contribution in [-0.2, 0) is 29.1 Å². The maximum atomic E-state index is 12.4. The van der Waals surface area contributed by atoms with Gasteiger partial charge in [-0.15, -0.1) is 11.3 Å². The highest BCUT2D eigenvalue weighted by atomic mass is 32.1. The number of esters is 1. The largest absolute Gasteiger partial charge is 0.488 e. The number of para-hydroxylation sites is 1. The highest BCUT2D eigenvalue weighted by molar-refractivity contribution is 7.14. The van der Waals surface area contributed by atoms with E-state index in [1.54, 1.807) is 11.3 Å². The van der Waals surface area contributed by atoms with Crippen molar-refractivity contribution in [2.75, 3.05) is 31.1 Å². The number of hydrogen-bond donors (Lipinski definition) is 1. The number of nitrogens with zero attached hydrogens (tertiary/aromatic N) is 2. The summed E-state index contributed by atoms with van der Waals surface area (Å²) in [5.74, 6) is 1.23. The van der Waals surface area contributed by atoms with E-state index in [0.29, 0.717) is 19.1 Å². The van der Waals surface area contributed by atoms with Crippen molar-refractivity contribution in [1.82, 2.24) is 10.3 Å². The average Bonchev–Trinajstić information content (AvgIpc) is 3.46. The molecule has 0 spiro atoms. The molecule has 2 aliphatic heterocycles. The van der Waals surface area contributed by atoms with Crippen molar-refractivity contribution < 1.29 is 14.3 Å². The lowest BCUT2D eigenvalue weighted by molar-refractivity contribution is -0.150. The molecule has 7 heteroatoms. The molecule has 0 amide bonds. The summed E-state index contributed by atoms with van der Waals surface area (Å²) in [6.07, 6.45) is 2.86. The Bertz CT molecular complexity index is 1290. The second-order valence-electron chi connectivity index (χ2n) is 10.2. The van der Waals surface area contributed by atoms with Crippen molar-refractivity contribution in [3.05, 3.63) is 64.0 Å². The average molecular weight is 504 g/mol. The number of thiazole rings is 1. The fraction of sp³-hybridized carbons (Fsp3) is 0.448. The summed E-state index contributed by atoms with van der Waals surface area (Å²) < 4.78 is 11.7. The highest BCUT2D eigenvalue weighted by Gasteiger charge is 2.63. The summed E-state index contributed by atoms with van der Waals surface area (Å²) >= 11 is 1.67. The van der Waals surface area contributed by atoms with Gasteiger partial charge in [0, 0.05) is 30.6 Å². The molecule has 1 unspecified atom stereocenters. The maximum Gasteiger partial charge on any atom is 0.312 e. The van der Waals surface area contributed by atoms with Crippen LogP contribution in [0.15, 0.2) is 41.8 Å². The number of benzene rings is 2. The topological polar surface area (TPSA) is 63.7 Å². The van der Waals surface area contributed by atoms with Crippen LogP contribution in [0.25, 0.3) is 11.3 Å². The Kier molecular flexibility index (Phi) is 6.21. The highest BCUT2D eigenvalue weighted by Crippen LogP contribution is 2.59. The Morgan fingerprint density at radius 2 is 2.17 bits per heavy atom. The first-order valence-electron chi connectivity index (χ1n) is 13.0. The third-order valence-electron chi connectivity index (χ3n) is 8.17. The summed E-state index contributed by atoms with van der Waals surface area (Å²) in [5, 5.41) is 6.59. The fourth-order valence-corrected chi connectivity index (χ4v) is 6.74. The molecule has 0 bridgehead atoms. The van der Waals surface area contributed by atoms with E-state index >= 15 is 0 Å². The van der Waals surface area contributed by atoms with Crippen LogP contribution in [0.3, 0.4) is 0 Å². The van der Waals surface area contributed by atoms with Crippen LogP contribution in [0.4, 0.5) is 5.13 Å². The Balaban J connectivity index is 1.16. The minimum atomic E-state index is -0.238. The molecule has 1 saturated heterocycles. The first-order chi connectivity index (χ1) is 17.6. The number of aromatic nitrogens is 1. The molecular formula is C29H33N3O3S. The van der Waals surface area contributed by atoms with E-state index in [1.807, 2.05) is 25.1 Å². The Morgan fingerprint density at radius 1 is 1.28 bits per heavy atom. The van der Waals surface area contributed by atoms with Crippen molar-refractivity contribution in [1.29, 1.82) is 0 Å². The normalized spacial score (nSPS) is 22.5. The third-order valence-corrected chi connectivity index (χ3v) is 9.07. The zero-order valence-electron chi connectivity index (χ0n) is 21.0. The molecule has 3 aliphatic rings. The molecule has 3 heterocycles. The predicted octanol–water partition coefficient (Wildman–Crippen LogP) is 5.12. The summed E-state index contributed by atoms with van der Waals surface area (Å²) in [6.45, 7) is 8.80. The molecule has 188 valence electrons. The van der Waals surface area contributed by atoms with Gasteiger partial charge in [0.05, 0.1) is 17.7 Å². The number of nitrogens with one attached hydrogen (secondary N) is 1. The molecule has 1 saturated carbocycles. The molecule has 2 fully saturated rings. The van der Waals surface area contributed by atoms with Gasteiger partial charge in [0.25, 0.3) is 0 Å². The van der Waals surface area contributed by atoms with Crippen molar-refractivity contribution >= 4 is 22.4 Å².